The third kappa shape index (κ3) is 1.83. The highest BCUT2D eigenvalue weighted by atomic mass is 35.5. The molecule has 2 heterocycles. The minimum atomic E-state index is -0.0429. The van der Waals surface area contributed by atoms with Crippen molar-refractivity contribution < 1.29 is 0 Å². The first-order chi connectivity index (χ1) is 9.26. The molecule has 0 bridgehead atoms. The standard InChI is InChI=1S/C14H14ClN3O/c1-2-11-17-12-9-5-3-4-6-10(9)16-13(12)14(19)18(11)8-7-15/h3-6,16H,2,7-8H2,1H3. The first-order valence-electron chi connectivity index (χ1n) is 6.32. The third-order valence-electron chi connectivity index (χ3n) is 3.31. The molecule has 0 radical (unpaired) electrons. The molecule has 0 saturated heterocycles. The van der Waals surface area contributed by atoms with Gasteiger partial charge in [-0.1, -0.05) is 25.1 Å². The van der Waals surface area contributed by atoms with Gasteiger partial charge in [0, 0.05) is 29.7 Å². The maximum atomic E-state index is 12.5. The van der Waals surface area contributed by atoms with Crippen LogP contribution in [0.4, 0.5) is 0 Å². The van der Waals surface area contributed by atoms with Gasteiger partial charge in [0.1, 0.15) is 16.9 Å². The number of alkyl halides is 1. The Kier molecular flexibility index (Phi) is 3.03. The van der Waals surface area contributed by atoms with Crippen LogP contribution in [0.5, 0.6) is 0 Å². The first-order valence-corrected chi connectivity index (χ1v) is 6.85. The van der Waals surface area contributed by atoms with Crippen LogP contribution in [-0.2, 0) is 13.0 Å². The van der Waals surface area contributed by atoms with Crippen molar-refractivity contribution in [1.82, 2.24) is 14.5 Å². The van der Waals surface area contributed by atoms with Crippen LogP contribution in [-0.4, -0.2) is 20.4 Å². The molecule has 1 aromatic carbocycles. The van der Waals surface area contributed by atoms with Gasteiger partial charge >= 0.3 is 0 Å². The van der Waals surface area contributed by atoms with Gasteiger partial charge < -0.3 is 4.98 Å². The summed E-state index contributed by atoms with van der Waals surface area (Å²) in [6, 6.07) is 7.82. The topological polar surface area (TPSA) is 50.7 Å². The summed E-state index contributed by atoms with van der Waals surface area (Å²) >= 11 is 5.77. The molecule has 0 fully saturated rings. The maximum Gasteiger partial charge on any atom is 0.277 e. The van der Waals surface area contributed by atoms with E-state index >= 15 is 0 Å². The van der Waals surface area contributed by atoms with Gasteiger partial charge in [0.15, 0.2) is 0 Å². The molecular weight excluding hydrogens is 262 g/mol. The van der Waals surface area contributed by atoms with E-state index in [4.69, 9.17) is 11.6 Å². The van der Waals surface area contributed by atoms with Crippen molar-refractivity contribution in [3.63, 3.8) is 0 Å². The molecule has 0 spiro atoms. The fourth-order valence-corrected chi connectivity index (χ4v) is 2.59. The van der Waals surface area contributed by atoms with E-state index in [1.807, 2.05) is 31.2 Å². The Hall–Kier alpha value is -1.81. The quantitative estimate of drug-likeness (QED) is 0.747. The van der Waals surface area contributed by atoms with Crippen molar-refractivity contribution in [2.24, 2.45) is 0 Å². The molecule has 3 rings (SSSR count). The lowest BCUT2D eigenvalue weighted by atomic mass is 10.2. The summed E-state index contributed by atoms with van der Waals surface area (Å²) in [5.41, 5.74) is 2.21. The molecule has 1 N–H and O–H groups in total. The van der Waals surface area contributed by atoms with Gasteiger partial charge in [0.2, 0.25) is 0 Å². The normalized spacial score (nSPS) is 11.5. The number of aromatic amines is 1. The monoisotopic (exact) mass is 275 g/mol. The SMILES string of the molecule is CCc1nc2c([nH]c3ccccc32)c(=O)n1CCCl. The van der Waals surface area contributed by atoms with Gasteiger partial charge in [0.25, 0.3) is 5.56 Å². The fourth-order valence-electron chi connectivity index (χ4n) is 2.42. The van der Waals surface area contributed by atoms with Crippen LogP contribution >= 0.6 is 11.6 Å². The number of aryl methyl sites for hydroxylation is 1. The van der Waals surface area contributed by atoms with Gasteiger partial charge in [-0.05, 0) is 6.07 Å². The van der Waals surface area contributed by atoms with Crippen molar-refractivity contribution in [1.29, 1.82) is 0 Å². The minimum absolute atomic E-state index is 0.0429. The molecule has 0 unspecified atom stereocenters. The largest absolute Gasteiger partial charge is 0.349 e. The van der Waals surface area contributed by atoms with E-state index in [-0.39, 0.29) is 5.56 Å². The predicted octanol–water partition coefficient (Wildman–Crippen LogP) is 2.68. The second kappa shape index (κ2) is 4.70. The molecule has 0 atom stereocenters. The number of nitrogens with zero attached hydrogens (tertiary/aromatic N) is 2. The number of para-hydroxylation sites is 1. The Morgan fingerprint density at radius 2 is 2.16 bits per heavy atom. The zero-order valence-corrected chi connectivity index (χ0v) is 11.4. The molecule has 0 aliphatic carbocycles. The Bertz CT molecular complexity index is 803. The average Bonchev–Trinajstić information content (AvgIpc) is 2.81. The summed E-state index contributed by atoms with van der Waals surface area (Å²) in [4.78, 5) is 20.3. The summed E-state index contributed by atoms with van der Waals surface area (Å²) in [6.07, 6.45) is 0.710. The second-order valence-corrected chi connectivity index (χ2v) is 4.80. The van der Waals surface area contributed by atoms with E-state index in [0.29, 0.717) is 24.4 Å². The van der Waals surface area contributed by atoms with Crippen molar-refractivity contribution in [3.8, 4) is 0 Å². The number of nitrogens with one attached hydrogen (secondary N) is 1. The third-order valence-corrected chi connectivity index (χ3v) is 3.48. The zero-order chi connectivity index (χ0) is 13.4. The number of H-pyrrole nitrogens is 1. The first kappa shape index (κ1) is 12.2. The van der Waals surface area contributed by atoms with Gasteiger partial charge in [-0.25, -0.2) is 4.98 Å². The van der Waals surface area contributed by atoms with Crippen LogP contribution in [0.25, 0.3) is 21.9 Å². The fraction of sp³-hybridized carbons (Fsp3) is 0.286. The Labute approximate surface area is 115 Å². The second-order valence-electron chi connectivity index (χ2n) is 4.42. The van der Waals surface area contributed by atoms with E-state index in [1.54, 1.807) is 4.57 Å². The number of aromatic nitrogens is 3. The van der Waals surface area contributed by atoms with Gasteiger partial charge in [-0.2, -0.15) is 0 Å². The molecular formula is C14H14ClN3O. The van der Waals surface area contributed by atoms with Crippen LogP contribution in [0.3, 0.4) is 0 Å². The van der Waals surface area contributed by atoms with E-state index in [0.717, 1.165) is 22.2 Å². The van der Waals surface area contributed by atoms with Crippen molar-refractivity contribution in [2.45, 2.75) is 19.9 Å². The van der Waals surface area contributed by atoms with Gasteiger partial charge in [0.05, 0.1) is 0 Å². The summed E-state index contributed by atoms with van der Waals surface area (Å²) in [7, 11) is 0. The van der Waals surface area contributed by atoms with Crippen molar-refractivity contribution in [3.05, 3.63) is 40.4 Å². The molecule has 2 aromatic heterocycles. The Morgan fingerprint density at radius 1 is 1.37 bits per heavy atom. The molecule has 0 aliphatic heterocycles. The summed E-state index contributed by atoms with van der Waals surface area (Å²) in [5.74, 6) is 1.18. The van der Waals surface area contributed by atoms with E-state index in [1.165, 1.54) is 0 Å². The number of fused-ring (bicyclic) bond motifs is 3. The van der Waals surface area contributed by atoms with Crippen molar-refractivity contribution in [2.75, 3.05) is 5.88 Å². The maximum absolute atomic E-state index is 12.5. The van der Waals surface area contributed by atoms with Crippen LogP contribution in [0.15, 0.2) is 29.1 Å². The average molecular weight is 276 g/mol. The molecule has 0 aliphatic rings. The summed E-state index contributed by atoms with van der Waals surface area (Å²) in [5, 5.41) is 0.988. The van der Waals surface area contributed by atoms with Crippen LogP contribution in [0, 0.1) is 0 Å². The number of benzene rings is 1. The van der Waals surface area contributed by atoms with E-state index < -0.39 is 0 Å². The highest BCUT2D eigenvalue weighted by molar-refractivity contribution is 6.17. The summed E-state index contributed by atoms with van der Waals surface area (Å²) in [6.45, 7) is 2.48. The molecule has 5 heteroatoms. The molecule has 0 saturated carbocycles. The Balaban J connectivity index is 2.44. The molecule has 4 nitrogen and oxygen atoms in total. The number of hydrogen-bond donors (Lipinski definition) is 1. The lowest BCUT2D eigenvalue weighted by Gasteiger charge is -2.08. The van der Waals surface area contributed by atoms with Gasteiger partial charge in [-0.15, -0.1) is 11.6 Å². The number of rotatable bonds is 3. The van der Waals surface area contributed by atoms with Crippen LogP contribution in [0.2, 0.25) is 0 Å². The molecule has 0 amide bonds. The van der Waals surface area contributed by atoms with Gasteiger partial charge in [-0.3, -0.25) is 9.36 Å². The predicted molar refractivity (Wildman–Crippen MR) is 78.0 cm³/mol. The summed E-state index contributed by atoms with van der Waals surface area (Å²) < 4.78 is 1.66. The van der Waals surface area contributed by atoms with Crippen LogP contribution in [0.1, 0.15) is 12.7 Å². The highest BCUT2D eigenvalue weighted by Gasteiger charge is 2.13. The number of halogens is 1. The minimum Gasteiger partial charge on any atom is -0.349 e. The molecule has 98 valence electrons. The van der Waals surface area contributed by atoms with E-state index in [9.17, 15) is 4.79 Å². The van der Waals surface area contributed by atoms with Crippen LogP contribution < -0.4 is 5.56 Å². The smallest absolute Gasteiger partial charge is 0.277 e. The molecule has 3 aromatic rings. The highest BCUT2D eigenvalue weighted by Crippen LogP contribution is 2.21. The lowest BCUT2D eigenvalue weighted by Crippen LogP contribution is -2.25. The van der Waals surface area contributed by atoms with Crippen molar-refractivity contribution >= 4 is 33.5 Å². The van der Waals surface area contributed by atoms with E-state index in [2.05, 4.69) is 9.97 Å². The number of hydrogen-bond acceptors (Lipinski definition) is 2. The zero-order valence-electron chi connectivity index (χ0n) is 10.6. The molecule has 19 heavy (non-hydrogen) atoms. The Morgan fingerprint density at radius 3 is 2.89 bits per heavy atom. The lowest BCUT2D eigenvalue weighted by molar-refractivity contribution is 0.666.